The minimum absolute atomic E-state index is 0.0215. The fourth-order valence-electron chi connectivity index (χ4n) is 2.01. The Bertz CT molecular complexity index is 607. The number of aryl methyl sites for hydroxylation is 1. The number of carbonyl (C=O) groups is 1. The van der Waals surface area contributed by atoms with Crippen LogP contribution in [-0.2, 0) is 17.6 Å². The van der Waals surface area contributed by atoms with Crippen molar-refractivity contribution >= 4 is 17.4 Å². The second kappa shape index (κ2) is 5.98. The molecule has 0 atom stereocenters. The van der Waals surface area contributed by atoms with Crippen molar-refractivity contribution in [3.05, 3.63) is 70.0 Å². The molecule has 98 valence electrons. The van der Waals surface area contributed by atoms with Gasteiger partial charge in [0, 0.05) is 12.8 Å². The van der Waals surface area contributed by atoms with E-state index in [1.807, 2.05) is 31.2 Å². The van der Waals surface area contributed by atoms with Gasteiger partial charge in [-0.25, -0.2) is 4.39 Å². The highest BCUT2D eigenvalue weighted by atomic mass is 35.5. The van der Waals surface area contributed by atoms with Gasteiger partial charge in [0.05, 0.1) is 5.02 Å². The van der Waals surface area contributed by atoms with Crippen molar-refractivity contribution < 1.29 is 9.18 Å². The van der Waals surface area contributed by atoms with E-state index in [0.29, 0.717) is 12.0 Å². The zero-order valence-electron chi connectivity index (χ0n) is 10.6. The summed E-state index contributed by atoms with van der Waals surface area (Å²) in [4.78, 5) is 11.9. The number of carbonyl (C=O) groups excluding carboxylic acids is 1. The maximum absolute atomic E-state index is 13.7. The number of ketones is 1. The van der Waals surface area contributed by atoms with Crippen LogP contribution in [0.4, 0.5) is 4.39 Å². The normalized spacial score (nSPS) is 10.5. The van der Waals surface area contributed by atoms with Crippen molar-refractivity contribution in [1.82, 2.24) is 0 Å². The molecule has 0 N–H and O–H groups in total. The summed E-state index contributed by atoms with van der Waals surface area (Å²) in [5.41, 5.74) is 2.41. The summed E-state index contributed by atoms with van der Waals surface area (Å²) < 4.78 is 13.7. The van der Waals surface area contributed by atoms with E-state index in [4.69, 9.17) is 11.6 Å². The molecule has 0 radical (unpaired) electrons. The van der Waals surface area contributed by atoms with Crippen LogP contribution in [0.25, 0.3) is 0 Å². The van der Waals surface area contributed by atoms with E-state index in [1.165, 1.54) is 6.07 Å². The van der Waals surface area contributed by atoms with Crippen molar-refractivity contribution in [3.63, 3.8) is 0 Å². The molecule has 0 fully saturated rings. The summed E-state index contributed by atoms with van der Waals surface area (Å²) in [6, 6.07) is 12.5. The van der Waals surface area contributed by atoms with Crippen LogP contribution in [0.1, 0.15) is 16.7 Å². The molecule has 3 heteroatoms. The first-order valence-electron chi connectivity index (χ1n) is 6.06. The highest BCUT2D eigenvalue weighted by Gasteiger charge is 2.11. The third-order valence-electron chi connectivity index (χ3n) is 2.90. The molecule has 0 aromatic heterocycles. The molecule has 0 amide bonds. The van der Waals surface area contributed by atoms with Gasteiger partial charge in [-0.1, -0.05) is 53.6 Å². The lowest BCUT2D eigenvalue weighted by Gasteiger charge is -2.05. The predicted octanol–water partition coefficient (Wildman–Crippen LogP) is 4.14. The fraction of sp³-hybridized carbons (Fsp3) is 0.188. The molecule has 0 spiro atoms. The average Bonchev–Trinajstić information content (AvgIpc) is 2.35. The van der Waals surface area contributed by atoms with Crippen LogP contribution >= 0.6 is 11.6 Å². The highest BCUT2D eigenvalue weighted by molar-refractivity contribution is 6.30. The summed E-state index contributed by atoms with van der Waals surface area (Å²) in [6.45, 7) is 1.98. The van der Waals surface area contributed by atoms with Crippen LogP contribution < -0.4 is 0 Å². The highest BCUT2D eigenvalue weighted by Crippen LogP contribution is 2.19. The number of Topliss-reactive ketones (excluding diaryl/α,β-unsaturated/α-hetero) is 1. The summed E-state index contributed by atoms with van der Waals surface area (Å²) >= 11 is 5.69. The summed E-state index contributed by atoms with van der Waals surface area (Å²) in [5, 5.41) is 0.0563. The van der Waals surface area contributed by atoms with Crippen LogP contribution in [0.5, 0.6) is 0 Å². The van der Waals surface area contributed by atoms with Crippen molar-refractivity contribution in [3.8, 4) is 0 Å². The second-order valence-electron chi connectivity index (χ2n) is 4.59. The lowest BCUT2D eigenvalue weighted by molar-refractivity contribution is -0.117. The molecule has 2 aromatic carbocycles. The van der Waals surface area contributed by atoms with E-state index in [2.05, 4.69) is 0 Å². The van der Waals surface area contributed by atoms with E-state index in [0.717, 1.165) is 11.1 Å². The first kappa shape index (κ1) is 13.8. The van der Waals surface area contributed by atoms with Crippen LogP contribution in [0.2, 0.25) is 5.02 Å². The zero-order valence-corrected chi connectivity index (χ0v) is 11.4. The SMILES string of the molecule is Cc1cccc(CC(=O)Cc2cccc(Cl)c2F)c1. The maximum Gasteiger partial charge on any atom is 0.145 e. The number of hydrogen-bond donors (Lipinski definition) is 0. The van der Waals surface area contributed by atoms with E-state index in [9.17, 15) is 9.18 Å². The van der Waals surface area contributed by atoms with Crippen molar-refractivity contribution in [2.45, 2.75) is 19.8 Å². The molecule has 19 heavy (non-hydrogen) atoms. The number of halogens is 2. The van der Waals surface area contributed by atoms with Gasteiger partial charge >= 0.3 is 0 Å². The Kier molecular flexibility index (Phi) is 4.33. The van der Waals surface area contributed by atoms with Gasteiger partial charge in [-0.2, -0.15) is 0 Å². The predicted molar refractivity (Wildman–Crippen MR) is 75.0 cm³/mol. The van der Waals surface area contributed by atoms with Gasteiger partial charge in [0.2, 0.25) is 0 Å². The largest absolute Gasteiger partial charge is 0.299 e. The molecule has 2 aromatic rings. The van der Waals surface area contributed by atoms with Gasteiger partial charge < -0.3 is 0 Å². The third kappa shape index (κ3) is 3.65. The average molecular weight is 277 g/mol. The van der Waals surface area contributed by atoms with E-state index >= 15 is 0 Å². The Labute approximate surface area is 117 Å². The Hall–Kier alpha value is -1.67. The lowest BCUT2D eigenvalue weighted by Crippen LogP contribution is -2.08. The molecule has 0 bridgehead atoms. The third-order valence-corrected chi connectivity index (χ3v) is 3.19. The molecule has 0 saturated heterocycles. The lowest BCUT2D eigenvalue weighted by atomic mass is 10.0. The standard InChI is InChI=1S/C16H14ClFO/c1-11-4-2-5-12(8-11)9-14(19)10-13-6-3-7-15(17)16(13)18/h2-8H,9-10H2,1H3. The zero-order chi connectivity index (χ0) is 13.8. The number of hydrogen-bond acceptors (Lipinski definition) is 1. The first-order valence-corrected chi connectivity index (χ1v) is 6.44. The molecule has 0 aliphatic heterocycles. The molecule has 1 nitrogen and oxygen atoms in total. The van der Waals surface area contributed by atoms with Crippen molar-refractivity contribution in [1.29, 1.82) is 0 Å². The van der Waals surface area contributed by atoms with Gasteiger partial charge in [-0.05, 0) is 24.1 Å². The first-order chi connectivity index (χ1) is 9.06. The van der Waals surface area contributed by atoms with Gasteiger partial charge in [0.1, 0.15) is 11.6 Å². The molecule has 0 unspecified atom stereocenters. The summed E-state index contributed by atoms with van der Waals surface area (Å²) in [5.74, 6) is -0.520. The minimum atomic E-state index is -0.498. The van der Waals surface area contributed by atoms with Crippen LogP contribution in [0, 0.1) is 12.7 Å². The molecular formula is C16H14ClFO. The fourth-order valence-corrected chi connectivity index (χ4v) is 2.20. The molecule has 0 aliphatic carbocycles. The molecule has 0 heterocycles. The quantitative estimate of drug-likeness (QED) is 0.820. The van der Waals surface area contributed by atoms with Gasteiger partial charge in [0.15, 0.2) is 0 Å². The van der Waals surface area contributed by atoms with E-state index in [-0.39, 0.29) is 17.2 Å². The molecule has 0 aliphatic rings. The van der Waals surface area contributed by atoms with Crippen LogP contribution in [-0.4, -0.2) is 5.78 Å². The molecular weight excluding hydrogens is 263 g/mol. The van der Waals surface area contributed by atoms with E-state index < -0.39 is 5.82 Å². The Morgan fingerprint density at radius 1 is 1.16 bits per heavy atom. The van der Waals surface area contributed by atoms with Crippen LogP contribution in [0.3, 0.4) is 0 Å². The van der Waals surface area contributed by atoms with Crippen molar-refractivity contribution in [2.75, 3.05) is 0 Å². The molecule has 0 saturated carbocycles. The Balaban J connectivity index is 2.08. The number of benzene rings is 2. The second-order valence-corrected chi connectivity index (χ2v) is 5.00. The summed E-state index contributed by atoms with van der Waals surface area (Å²) in [7, 11) is 0. The topological polar surface area (TPSA) is 17.1 Å². The Morgan fingerprint density at radius 3 is 2.63 bits per heavy atom. The van der Waals surface area contributed by atoms with Crippen molar-refractivity contribution in [2.24, 2.45) is 0 Å². The monoisotopic (exact) mass is 276 g/mol. The smallest absolute Gasteiger partial charge is 0.145 e. The van der Waals surface area contributed by atoms with Gasteiger partial charge in [0.25, 0.3) is 0 Å². The maximum atomic E-state index is 13.7. The van der Waals surface area contributed by atoms with E-state index in [1.54, 1.807) is 12.1 Å². The van der Waals surface area contributed by atoms with Gasteiger partial charge in [-0.3, -0.25) is 4.79 Å². The Morgan fingerprint density at radius 2 is 1.89 bits per heavy atom. The van der Waals surface area contributed by atoms with Crippen LogP contribution in [0.15, 0.2) is 42.5 Å². The summed E-state index contributed by atoms with van der Waals surface area (Å²) in [6.07, 6.45) is 0.383. The number of rotatable bonds is 4. The van der Waals surface area contributed by atoms with Gasteiger partial charge in [-0.15, -0.1) is 0 Å². The molecule has 2 rings (SSSR count). The minimum Gasteiger partial charge on any atom is -0.299 e.